The zero-order chi connectivity index (χ0) is 18.1. The van der Waals surface area contributed by atoms with E-state index >= 15 is 0 Å². The Kier molecular flexibility index (Phi) is 4.99. The molecule has 1 atom stereocenters. The maximum atomic E-state index is 12.2. The molecular weight excluding hydrogens is 389 g/mol. The summed E-state index contributed by atoms with van der Waals surface area (Å²) < 4.78 is 2.27. The van der Waals surface area contributed by atoms with E-state index in [4.69, 9.17) is 34.8 Å². The molecule has 130 valence electrons. The average Bonchev–Trinajstić information content (AvgIpc) is 2.86. The van der Waals surface area contributed by atoms with Crippen molar-refractivity contribution < 1.29 is 4.79 Å². The highest BCUT2D eigenvalue weighted by Crippen LogP contribution is 2.25. The number of nitrogens with one attached hydrogen (secondary N) is 1. The molecule has 0 spiro atoms. The summed E-state index contributed by atoms with van der Waals surface area (Å²) in [5.74, 6) is -0.372. The highest BCUT2D eigenvalue weighted by Gasteiger charge is 2.15. The summed E-state index contributed by atoms with van der Waals surface area (Å²) in [5.41, 5.74) is 0.623. The van der Waals surface area contributed by atoms with Crippen LogP contribution in [0.1, 0.15) is 18.5 Å². The predicted octanol–water partition coefficient (Wildman–Crippen LogP) is 2.73. The third kappa shape index (κ3) is 3.78. The highest BCUT2D eigenvalue weighted by molar-refractivity contribution is 6.42. The second-order valence-electron chi connectivity index (χ2n) is 5.34. The fourth-order valence-electron chi connectivity index (χ4n) is 2.30. The lowest BCUT2D eigenvalue weighted by Crippen LogP contribution is -2.34. The van der Waals surface area contributed by atoms with Crippen molar-refractivity contribution in [3.63, 3.8) is 0 Å². The normalized spacial score (nSPS) is 12.3. The first kappa shape index (κ1) is 17.7. The summed E-state index contributed by atoms with van der Waals surface area (Å²) in [7, 11) is 0. The number of hydrogen-bond donors (Lipinski definition) is 1. The van der Waals surface area contributed by atoms with E-state index in [1.165, 1.54) is 16.8 Å². The molecule has 2 aromatic heterocycles. The largest absolute Gasteiger partial charge is 0.350 e. The lowest BCUT2D eigenvalue weighted by atomic mass is 10.1. The van der Waals surface area contributed by atoms with Gasteiger partial charge >= 0.3 is 5.69 Å². The lowest BCUT2D eigenvalue weighted by molar-refractivity contribution is -0.122. The fraction of sp³-hybridized carbons (Fsp3) is 0.200. The van der Waals surface area contributed by atoms with Crippen molar-refractivity contribution in [2.45, 2.75) is 19.5 Å². The SMILES string of the molecule is C[C@H](NC(=O)Cn1nc2cnc(Cl)cn2c1=O)c1ccc(Cl)c(Cl)c1. The van der Waals surface area contributed by atoms with Crippen LogP contribution in [0.15, 0.2) is 35.4 Å². The fourth-order valence-corrected chi connectivity index (χ4v) is 2.75. The van der Waals surface area contributed by atoms with Crippen molar-refractivity contribution >= 4 is 46.4 Å². The van der Waals surface area contributed by atoms with Gasteiger partial charge in [0.05, 0.1) is 28.5 Å². The van der Waals surface area contributed by atoms with E-state index in [1.807, 2.05) is 0 Å². The molecule has 7 nitrogen and oxygen atoms in total. The summed E-state index contributed by atoms with van der Waals surface area (Å²) in [4.78, 5) is 28.3. The minimum atomic E-state index is -0.475. The third-order valence-corrected chi connectivity index (χ3v) is 4.48. The number of benzene rings is 1. The monoisotopic (exact) mass is 399 g/mol. The van der Waals surface area contributed by atoms with Crippen LogP contribution in [0, 0.1) is 0 Å². The van der Waals surface area contributed by atoms with Crippen LogP contribution in [0.5, 0.6) is 0 Å². The number of rotatable bonds is 4. The van der Waals surface area contributed by atoms with E-state index in [2.05, 4.69) is 15.4 Å². The zero-order valence-electron chi connectivity index (χ0n) is 12.9. The second-order valence-corrected chi connectivity index (χ2v) is 6.54. The lowest BCUT2D eigenvalue weighted by Gasteiger charge is -2.14. The van der Waals surface area contributed by atoms with Crippen molar-refractivity contribution in [3.05, 3.63) is 61.8 Å². The summed E-state index contributed by atoms with van der Waals surface area (Å²) in [6, 6.07) is 4.79. The molecular formula is C15H12Cl3N5O2. The van der Waals surface area contributed by atoms with Crippen molar-refractivity contribution in [1.29, 1.82) is 0 Å². The molecule has 1 aromatic carbocycles. The maximum Gasteiger partial charge on any atom is 0.350 e. The number of nitrogens with zero attached hydrogens (tertiary/aromatic N) is 4. The number of aromatic nitrogens is 4. The quantitative estimate of drug-likeness (QED) is 0.730. The van der Waals surface area contributed by atoms with Crippen LogP contribution in [-0.2, 0) is 11.3 Å². The van der Waals surface area contributed by atoms with Gasteiger partial charge < -0.3 is 5.32 Å². The van der Waals surface area contributed by atoms with Gasteiger partial charge in [-0.05, 0) is 24.6 Å². The number of halogens is 3. The predicted molar refractivity (Wildman–Crippen MR) is 95.3 cm³/mol. The molecule has 10 heteroatoms. The number of carbonyl (C=O) groups is 1. The van der Waals surface area contributed by atoms with Gasteiger partial charge in [-0.25, -0.2) is 18.9 Å². The average molecular weight is 401 g/mol. The van der Waals surface area contributed by atoms with Crippen LogP contribution in [0.25, 0.3) is 5.65 Å². The van der Waals surface area contributed by atoms with Crippen molar-refractivity contribution in [1.82, 2.24) is 24.5 Å². The molecule has 0 unspecified atom stereocenters. The summed E-state index contributed by atoms with van der Waals surface area (Å²) in [6.07, 6.45) is 2.70. The van der Waals surface area contributed by atoms with Crippen LogP contribution in [0.4, 0.5) is 0 Å². The summed E-state index contributed by atoms with van der Waals surface area (Å²) in [5, 5.41) is 7.83. The van der Waals surface area contributed by atoms with Crippen molar-refractivity contribution in [2.75, 3.05) is 0 Å². The van der Waals surface area contributed by atoms with Gasteiger partial charge in [-0.15, -0.1) is 5.10 Å². The Labute approximate surface area is 157 Å². The molecule has 0 aliphatic carbocycles. The molecule has 2 heterocycles. The molecule has 1 amide bonds. The number of fused-ring (bicyclic) bond motifs is 1. The van der Waals surface area contributed by atoms with E-state index < -0.39 is 5.69 Å². The second kappa shape index (κ2) is 7.03. The Balaban J connectivity index is 1.75. The summed E-state index contributed by atoms with van der Waals surface area (Å²) in [6.45, 7) is 1.57. The van der Waals surface area contributed by atoms with Crippen LogP contribution < -0.4 is 11.0 Å². The standard InChI is InChI=1S/C15H12Cl3N5O2/c1-8(9-2-3-10(16)11(17)4-9)20-14(24)7-23-15(25)22-6-12(18)19-5-13(22)21-23/h2-6,8H,7H2,1H3,(H,20,24)/t8-/m0/s1. The van der Waals surface area contributed by atoms with E-state index in [0.29, 0.717) is 15.7 Å². The molecule has 0 aliphatic rings. The Hall–Kier alpha value is -2.09. The van der Waals surface area contributed by atoms with Gasteiger partial charge in [0.25, 0.3) is 0 Å². The maximum absolute atomic E-state index is 12.2. The van der Waals surface area contributed by atoms with Gasteiger partial charge in [0, 0.05) is 0 Å². The van der Waals surface area contributed by atoms with E-state index in [9.17, 15) is 9.59 Å². The first-order valence-corrected chi connectivity index (χ1v) is 8.33. The van der Waals surface area contributed by atoms with Crippen LogP contribution in [0.3, 0.4) is 0 Å². The van der Waals surface area contributed by atoms with Gasteiger partial charge in [0.15, 0.2) is 5.65 Å². The Morgan fingerprint density at radius 2 is 2.04 bits per heavy atom. The molecule has 3 aromatic rings. The van der Waals surface area contributed by atoms with Crippen molar-refractivity contribution in [3.8, 4) is 0 Å². The Morgan fingerprint density at radius 3 is 2.76 bits per heavy atom. The van der Waals surface area contributed by atoms with Crippen molar-refractivity contribution in [2.24, 2.45) is 0 Å². The molecule has 3 rings (SSSR count). The molecule has 0 saturated carbocycles. The van der Waals surface area contributed by atoms with Crippen LogP contribution in [0.2, 0.25) is 15.2 Å². The number of carbonyl (C=O) groups excluding carboxylic acids is 1. The molecule has 0 aliphatic heterocycles. The zero-order valence-corrected chi connectivity index (χ0v) is 15.2. The van der Waals surface area contributed by atoms with Gasteiger partial charge in [-0.1, -0.05) is 40.9 Å². The van der Waals surface area contributed by atoms with Crippen LogP contribution in [-0.4, -0.2) is 25.1 Å². The molecule has 25 heavy (non-hydrogen) atoms. The minimum absolute atomic E-state index is 0.159. The Bertz CT molecular complexity index is 1010. The summed E-state index contributed by atoms with van der Waals surface area (Å²) >= 11 is 17.6. The number of hydrogen-bond acceptors (Lipinski definition) is 4. The van der Waals surface area contributed by atoms with Gasteiger partial charge in [0.2, 0.25) is 5.91 Å². The molecule has 0 fully saturated rings. The Morgan fingerprint density at radius 1 is 1.28 bits per heavy atom. The van der Waals surface area contributed by atoms with Gasteiger partial charge in [-0.2, -0.15) is 0 Å². The topological polar surface area (TPSA) is 81.3 Å². The van der Waals surface area contributed by atoms with Gasteiger partial charge in [-0.3, -0.25) is 4.79 Å². The van der Waals surface area contributed by atoms with Gasteiger partial charge in [0.1, 0.15) is 11.7 Å². The van der Waals surface area contributed by atoms with E-state index in [1.54, 1.807) is 25.1 Å². The van der Waals surface area contributed by atoms with E-state index in [0.717, 1.165) is 10.2 Å². The molecule has 0 saturated heterocycles. The molecule has 0 bridgehead atoms. The van der Waals surface area contributed by atoms with Crippen LogP contribution >= 0.6 is 34.8 Å². The minimum Gasteiger partial charge on any atom is -0.348 e. The first-order valence-electron chi connectivity index (χ1n) is 7.20. The molecule has 1 N–H and O–H groups in total. The van der Waals surface area contributed by atoms with E-state index in [-0.39, 0.29) is 23.6 Å². The smallest absolute Gasteiger partial charge is 0.348 e. The highest BCUT2D eigenvalue weighted by atomic mass is 35.5. The first-order chi connectivity index (χ1) is 11.8. The third-order valence-electron chi connectivity index (χ3n) is 3.55. The molecule has 0 radical (unpaired) electrons. The number of amides is 1.